The second kappa shape index (κ2) is 5.11. The monoisotopic (exact) mass is 279 g/mol. The van der Waals surface area contributed by atoms with Crippen molar-refractivity contribution < 1.29 is 19.5 Å². The molecule has 1 aromatic carbocycles. The Hall–Kier alpha value is -2.71. The van der Waals surface area contributed by atoms with E-state index in [9.17, 15) is 20.0 Å². The van der Waals surface area contributed by atoms with Crippen LogP contribution in [0.1, 0.15) is 13.8 Å². The molecule has 0 spiro atoms. The number of nitrogens with zero attached hydrogens (tertiary/aromatic N) is 3. The van der Waals surface area contributed by atoms with Crippen LogP contribution in [0.4, 0.5) is 11.4 Å². The fourth-order valence-electron chi connectivity index (χ4n) is 1.80. The van der Waals surface area contributed by atoms with Gasteiger partial charge in [0.15, 0.2) is 0 Å². The van der Waals surface area contributed by atoms with Gasteiger partial charge in [0, 0.05) is 0 Å². The zero-order valence-electron chi connectivity index (χ0n) is 10.7. The average molecular weight is 279 g/mol. The molecule has 0 unspecified atom stereocenters. The van der Waals surface area contributed by atoms with E-state index in [0.29, 0.717) is 0 Å². The van der Waals surface area contributed by atoms with Crippen LogP contribution in [0.25, 0.3) is 11.0 Å². The minimum Gasteiger partial charge on any atom is -0.548 e. The van der Waals surface area contributed by atoms with Gasteiger partial charge in [-0.05, 0) is 28.4 Å². The molecule has 1 aromatic heterocycles. The number of carboxylic acid groups (broad SMARTS) is 1. The average Bonchev–Trinajstić information content (AvgIpc) is 2.81. The maximum atomic E-state index is 11.1. The molecule has 2 aromatic rings. The molecule has 9 heteroatoms. The Labute approximate surface area is 112 Å². The molecule has 2 rings (SSSR count). The van der Waals surface area contributed by atoms with E-state index in [1.807, 2.05) is 0 Å². The number of nitro benzene ring substituents is 1. The van der Waals surface area contributed by atoms with Crippen LogP contribution in [-0.4, -0.2) is 27.2 Å². The van der Waals surface area contributed by atoms with Crippen molar-refractivity contribution in [1.29, 1.82) is 0 Å². The van der Waals surface area contributed by atoms with E-state index < -0.39 is 16.9 Å². The van der Waals surface area contributed by atoms with Gasteiger partial charge >= 0.3 is 5.69 Å². The van der Waals surface area contributed by atoms with Crippen molar-refractivity contribution >= 4 is 28.4 Å². The zero-order valence-corrected chi connectivity index (χ0v) is 10.7. The van der Waals surface area contributed by atoms with E-state index >= 15 is 0 Å². The first-order chi connectivity index (χ1) is 9.41. The number of fused-ring (bicyclic) bond motifs is 1. The quantitative estimate of drug-likeness (QED) is 0.610. The summed E-state index contributed by atoms with van der Waals surface area (Å²) in [7, 11) is 0. The fraction of sp³-hybridized carbons (Fsp3) is 0.364. The lowest BCUT2D eigenvalue weighted by atomic mass is 10.0. The zero-order chi connectivity index (χ0) is 14.9. The van der Waals surface area contributed by atoms with Gasteiger partial charge in [0.1, 0.15) is 11.2 Å². The number of carbonyl (C=O) groups is 1. The van der Waals surface area contributed by atoms with Crippen LogP contribution in [0.15, 0.2) is 16.8 Å². The van der Waals surface area contributed by atoms with Crippen molar-refractivity contribution in [3.05, 3.63) is 22.2 Å². The summed E-state index contributed by atoms with van der Waals surface area (Å²) < 4.78 is 4.45. The molecule has 0 saturated heterocycles. The van der Waals surface area contributed by atoms with Gasteiger partial charge in [-0.3, -0.25) is 10.1 Å². The van der Waals surface area contributed by atoms with Gasteiger partial charge in [-0.1, -0.05) is 13.8 Å². The maximum absolute atomic E-state index is 11.1. The molecule has 0 bridgehead atoms. The number of aliphatic carboxylic acids is 1. The Morgan fingerprint density at radius 2 is 2.10 bits per heavy atom. The van der Waals surface area contributed by atoms with Gasteiger partial charge in [0.05, 0.1) is 16.9 Å². The highest BCUT2D eigenvalue weighted by atomic mass is 16.6. The van der Waals surface area contributed by atoms with E-state index in [-0.39, 0.29) is 28.3 Å². The van der Waals surface area contributed by atoms with Crippen molar-refractivity contribution in [2.45, 2.75) is 19.9 Å². The molecule has 0 radical (unpaired) electrons. The first-order valence-corrected chi connectivity index (χ1v) is 5.79. The molecular formula is C11H11N4O5-. The molecule has 0 aliphatic carbocycles. The van der Waals surface area contributed by atoms with Crippen molar-refractivity contribution in [3.63, 3.8) is 0 Å². The largest absolute Gasteiger partial charge is 0.548 e. The van der Waals surface area contributed by atoms with Crippen molar-refractivity contribution in [2.75, 3.05) is 5.32 Å². The topological polar surface area (TPSA) is 134 Å². The smallest absolute Gasteiger partial charge is 0.323 e. The number of carbonyl (C=O) groups excluding carboxylic acids is 1. The van der Waals surface area contributed by atoms with Crippen LogP contribution in [-0.2, 0) is 4.79 Å². The van der Waals surface area contributed by atoms with Crippen LogP contribution in [0.3, 0.4) is 0 Å². The Balaban J connectivity index is 2.50. The van der Waals surface area contributed by atoms with Gasteiger partial charge < -0.3 is 15.2 Å². The molecule has 20 heavy (non-hydrogen) atoms. The molecule has 1 N–H and O–H groups in total. The lowest BCUT2D eigenvalue weighted by molar-refractivity contribution is -0.382. The molecule has 0 saturated carbocycles. The van der Waals surface area contributed by atoms with Gasteiger partial charge in [-0.25, -0.2) is 4.63 Å². The third kappa shape index (κ3) is 2.37. The third-order valence-electron chi connectivity index (χ3n) is 2.82. The first-order valence-electron chi connectivity index (χ1n) is 5.79. The molecule has 9 nitrogen and oxygen atoms in total. The second-order valence-electron chi connectivity index (χ2n) is 4.54. The Bertz CT molecular complexity index is 666. The van der Waals surface area contributed by atoms with Crippen LogP contribution in [0.2, 0.25) is 0 Å². The summed E-state index contributed by atoms with van der Waals surface area (Å²) in [5, 5.41) is 31.8. The van der Waals surface area contributed by atoms with Crippen LogP contribution in [0.5, 0.6) is 0 Å². The van der Waals surface area contributed by atoms with Crippen molar-refractivity contribution in [2.24, 2.45) is 5.92 Å². The Morgan fingerprint density at radius 1 is 1.40 bits per heavy atom. The third-order valence-corrected chi connectivity index (χ3v) is 2.82. The minimum absolute atomic E-state index is 0.0288. The molecule has 0 aliphatic rings. The first kappa shape index (κ1) is 13.7. The van der Waals surface area contributed by atoms with Gasteiger partial charge in [-0.15, -0.1) is 0 Å². The fourth-order valence-corrected chi connectivity index (χ4v) is 1.80. The molecule has 1 heterocycles. The summed E-state index contributed by atoms with van der Waals surface area (Å²) >= 11 is 0. The van der Waals surface area contributed by atoms with Gasteiger partial charge in [0.2, 0.25) is 5.52 Å². The SMILES string of the molecule is CC(C)[C@H](Nc1ccc2nonc2c1[N+](=O)[O-])C(=O)[O-]. The number of rotatable bonds is 5. The summed E-state index contributed by atoms with van der Waals surface area (Å²) in [6.45, 7) is 3.32. The predicted molar refractivity (Wildman–Crippen MR) is 65.7 cm³/mol. The number of benzene rings is 1. The normalized spacial score (nSPS) is 12.6. The van der Waals surface area contributed by atoms with E-state index in [0.717, 1.165) is 0 Å². The van der Waals surface area contributed by atoms with E-state index in [2.05, 4.69) is 20.3 Å². The summed E-state index contributed by atoms with van der Waals surface area (Å²) in [6.07, 6.45) is 0. The number of aromatic nitrogens is 2. The van der Waals surface area contributed by atoms with E-state index in [1.54, 1.807) is 13.8 Å². The number of nitro groups is 1. The summed E-state index contributed by atoms with van der Waals surface area (Å²) in [5.41, 5.74) is -0.172. The molecule has 0 aliphatic heterocycles. The Morgan fingerprint density at radius 3 is 2.65 bits per heavy atom. The molecular weight excluding hydrogens is 268 g/mol. The lowest BCUT2D eigenvalue weighted by Crippen LogP contribution is -2.44. The molecule has 106 valence electrons. The minimum atomic E-state index is -1.34. The van der Waals surface area contributed by atoms with Crippen LogP contribution in [0, 0.1) is 16.0 Å². The standard InChI is InChI=1S/C11H12N4O5/c1-5(2)8(11(16)17)12-7-4-3-6-9(14-20-13-6)10(7)15(18)19/h3-5,8,12H,1-2H3,(H,16,17)/p-1/t8-/m0/s1. The van der Waals surface area contributed by atoms with Crippen LogP contribution >= 0.6 is 0 Å². The van der Waals surface area contributed by atoms with E-state index in [4.69, 9.17) is 0 Å². The summed E-state index contributed by atoms with van der Waals surface area (Å²) in [5.74, 6) is -1.65. The number of hydrogen-bond acceptors (Lipinski definition) is 8. The Kier molecular flexibility index (Phi) is 3.51. The van der Waals surface area contributed by atoms with Gasteiger partial charge in [0.25, 0.3) is 0 Å². The summed E-state index contributed by atoms with van der Waals surface area (Å²) in [6, 6.07) is 1.75. The summed E-state index contributed by atoms with van der Waals surface area (Å²) in [4.78, 5) is 21.5. The van der Waals surface area contributed by atoms with Crippen molar-refractivity contribution in [3.8, 4) is 0 Å². The van der Waals surface area contributed by atoms with Crippen molar-refractivity contribution in [1.82, 2.24) is 10.3 Å². The number of anilines is 1. The maximum Gasteiger partial charge on any atom is 0.323 e. The highest BCUT2D eigenvalue weighted by molar-refractivity contribution is 5.91. The van der Waals surface area contributed by atoms with E-state index in [1.165, 1.54) is 12.1 Å². The number of nitrogens with one attached hydrogen (secondary N) is 1. The van der Waals surface area contributed by atoms with Crippen LogP contribution < -0.4 is 10.4 Å². The molecule has 1 atom stereocenters. The van der Waals surface area contributed by atoms with Gasteiger partial charge in [-0.2, -0.15) is 0 Å². The highest BCUT2D eigenvalue weighted by Crippen LogP contribution is 2.32. The molecule has 0 fully saturated rings. The highest BCUT2D eigenvalue weighted by Gasteiger charge is 2.25. The lowest BCUT2D eigenvalue weighted by Gasteiger charge is -2.24. The second-order valence-corrected chi connectivity index (χ2v) is 4.54. The molecule has 0 amide bonds. The number of hydrogen-bond donors (Lipinski definition) is 1. The number of carboxylic acids is 1. The predicted octanol–water partition coefficient (Wildman–Crippen LogP) is 0.317.